The molecular weight excluding hydrogens is 759 g/mol. The van der Waals surface area contributed by atoms with Crippen molar-refractivity contribution < 1.29 is 38.3 Å². The van der Waals surface area contributed by atoms with E-state index < -0.39 is 0 Å². The van der Waals surface area contributed by atoms with Crippen molar-refractivity contribution in [3.05, 3.63) is 0 Å². The molecule has 1 amide bonds. The van der Waals surface area contributed by atoms with Crippen LogP contribution in [0.25, 0.3) is 0 Å². The number of carbonyl (C=O) groups excluding carboxylic acids is 7. The van der Waals surface area contributed by atoms with E-state index in [1.165, 1.54) is 81.0 Å². The van der Waals surface area contributed by atoms with Crippen molar-refractivity contribution in [3.63, 3.8) is 0 Å². The van der Waals surface area contributed by atoms with E-state index in [4.69, 9.17) is 5.73 Å². The summed E-state index contributed by atoms with van der Waals surface area (Å²) in [5.74, 6) is 6.86. The van der Waals surface area contributed by atoms with Crippen LogP contribution < -0.4 is 11.1 Å². The maximum absolute atomic E-state index is 11.4. The third-order valence-corrected chi connectivity index (χ3v) is 11.5. The Morgan fingerprint density at radius 1 is 0.500 bits per heavy atom. The molecule has 0 spiro atoms. The van der Waals surface area contributed by atoms with E-state index in [1.807, 2.05) is 64.8 Å². The molecule has 0 atom stereocenters. The largest absolute Gasteiger partial charge is 0.366 e. The topological polar surface area (TPSA) is 170 Å². The van der Waals surface area contributed by atoms with E-state index >= 15 is 0 Å². The Bertz CT molecular complexity index is 751. The number of nitrogens with two attached hydrogens (primary N) is 1. The van der Waals surface area contributed by atoms with Gasteiger partial charge in [-0.15, -0.1) is 0 Å². The van der Waals surface area contributed by atoms with Gasteiger partial charge in [0.25, 0.3) is 0 Å². The van der Waals surface area contributed by atoms with Gasteiger partial charge in [-0.1, -0.05) is 106 Å². The van der Waals surface area contributed by atoms with E-state index in [0.29, 0.717) is 13.1 Å². The first-order valence-electron chi connectivity index (χ1n) is 16.4. The van der Waals surface area contributed by atoms with Gasteiger partial charge < -0.3 is 20.7 Å². The van der Waals surface area contributed by atoms with Gasteiger partial charge in [0.1, 0.15) is 36.3 Å². The first-order chi connectivity index (χ1) is 23.5. The van der Waals surface area contributed by atoms with Crippen molar-refractivity contribution in [3.8, 4) is 0 Å². The molecule has 0 rings (SSSR count). The lowest BCUT2D eigenvalue weighted by Gasteiger charge is -2.19. The third kappa shape index (κ3) is 81.5. The first-order valence-corrected chi connectivity index (χ1v) is 23.9. The maximum atomic E-state index is 11.4. The van der Waals surface area contributed by atoms with Gasteiger partial charge in [-0.05, 0) is 41.5 Å². The molecule has 0 aromatic heterocycles. The minimum atomic E-state index is -0.252. The van der Waals surface area contributed by atoms with Crippen LogP contribution in [0.3, 0.4) is 0 Å². The zero-order valence-electron chi connectivity index (χ0n) is 32.6. The summed E-state index contributed by atoms with van der Waals surface area (Å²) in [7, 11) is 11.5. The van der Waals surface area contributed by atoms with Gasteiger partial charge in [-0.3, -0.25) is 33.6 Å². The summed E-state index contributed by atoms with van der Waals surface area (Å²) in [6, 6.07) is 0. The molecule has 0 heterocycles. The molecule has 0 aromatic rings. The third-order valence-electron chi connectivity index (χ3n) is 3.85. The molecule has 0 aromatic carbocycles. The normalized spacial score (nSPS) is 9.22. The van der Waals surface area contributed by atoms with E-state index in [9.17, 15) is 33.6 Å². The van der Waals surface area contributed by atoms with Crippen LogP contribution >= 0.6 is 64.8 Å². The molecule has 3 N–H and O–H groups in total. The number of nitrogens with one attached hydrogen (secondary N) is 1. The molecule has 0 saturated heterocycles. The Kier molecular flexibility index (Phi) is 65.0. The number of ether oxygens (including phenoxy) is 1. The molecule has 0 fully saturated rings. The van der Waals surface area contributed by atoms with Crippen LogP contribution in [-0.2, 0) is 38.3 Å². The van der Waals surface area contributed by atoms with Crippen LogP contribution in [0.15, 0.2) is 0 Å². The fourth-order valence-corrected chi connectivity index (χ4v) is 6.30. The van der Waals surface area contributed by atoms with Gasteiger partial charge in [0.15, 0.2) is 11.6 Å². The highest BCUT2D eigenvalue weighted by molar-refractivity contribution is 8.77. The standard InChI is InChI=1S/C9H16N2O3.C6H11NO2.C6H10O3.3C4H10S2/c1-7(12)5-11(6-8(2)13)9(14)3-4-10;1-5(8)3-7-4-6(2)9;1-5(7)3-9-4-6(2)8;3*1-3-5-6-4-2/h3-6,10H2,1-2H3;7H,3-4H2,1-2H3;3-4H2,1-2H3;3*3-4H2,1-2H3. The molecule has 0 saturated carbocycles. The van der Waals surface area contributed by atoms with E-state index in [1.54, 1.807) is 0 Å². The Balaban J connectivity index is -0.000000120. The first kappa shape index (κ1) is 61.5. The van der Waals surface area contributed by atoms with Crippen LogP contribution in [-0.4, -0.2) is 126 Å². The van der Waals surface area contributed by atoms with Crippen LogP contribution in [0.1, 0.15) is 89.5 Å². The lowest BCUT2D eigenvalue weighted by molar-refractivity contribution is -0.137. The van der Waals surface area contributed by atoms with E-state index in [0.717, 1.165) is 0 Å². The second-order valence-corrected chi connectivity index (χ2v) is 18.7. The quantitative estimate of drug-likeness (QED) is 0.0845. The van der Waals surface area contributed by atoms with Crippen molar-refractivity contribution in [2.75, 3.05) is 80.5 Å². The molecule has 298 valence electrons. The molecular formula is C33H67N3O8S6. The zero-order chi connectivity index (χ0) is 40.2. The molecule has 50 heavy (non-hydrogen) atoms. The van der Waals surface area contributed by atoms with Crippen molar-refractivity contribution in [1.29, 1.82) is 0 Å². The van der Waals surface area contributed by atoms with E-state index in [-0.39, 0.29) is 79.9 Å². The Hall–Kier alpha value is -0.530. The molecule has 11 nitrogen and oxygen atoms in total. The molecule has 0 radical (unpaired) electrons. The van der Waals surface area contributed by atoms with Gasteiger partial charge in [-0.2, -0.15) is 0 Å². The maximum Gasteiger partial charge on any atom is 0.224 e. The Labute approximate surface area is 327 Å². The summed E-state index contributed by atoms with van der Waals surface area (Å²) in [6.07, 6.45) is 0.167. The highest BCUT2D eigenvalue weighted by Crippen LogP contribution is 2.19. The van der Waals surface area contributed by atoms with Crippen LogP contribution in [0.4, 0.5) is 0 Å². The number of rotatable bonds is 23. The monoisotopic (exact) mass is 825 g/mol. The van der Waals surface area contributed by atoms with Crippen LogP contribution in [0.2, 0.25) is 0 Å². The lowest BCUT2D eigenvalue weighted by Crippen LogP contribution is -2.39. The number of ketones is 6. The Morgan fingerprint density at radius 3 is 0.960 bits per heavy atom. The van der Waals surface area contributed by atoms with Crippen molar-refractivity contribution in [1.82, 2.24) is 10.2 Å². The van der Waals surface area contributed by atoms with Gasteiger partial charge >= 0.3 is 0 Å². The number of hydrogen-bond acceptors (Lipinski definition) is 16. The molecule has 0 aliphatic heterocycles. The lowest BCUT2D eigenvalue weighted by atomic mass is 10.3. The smallest absolute Gasteiger partial charge is 0.224 e. The summed E-state index contributed by atoms with van der Waals surface area (Å²) in [5.41, 5.74) is 5.21. The summed E-state index contributed by atoms with van der Waals surface area (Å²) in [6.45, 7) is 22.5. The van der Waals surface area contributed by atoms with Crippen molar-refractivity contribution in [2.45, 2.75) is 89.5 Å². The number of carbonyl (C=O) groups is 7. The van der Waals surface area contributed by atoms with E-state index in [2.05, 4.69) is 51.6 Å². The average Bonchev–Trinajstić information content (AvgIpc) is 3.02. The summed E-state index contributed by atoms with van der Waals surface area (Å²) in [5, 5.41) is 2.69. The summed E-state index contributed by atoms with van der Waals surface area (Å²) < 4.78 is 4.66. The summed E-state index contributed by atoms with van der Waals surface area (Å²) in [4.78, 5) is 75.1. The highest BCUT2D eigenvalue weighted by atomic mass is 33.1. The number of hydrogen-bond donors (Lipinski definition) is 2. The molecule has 0 aliphatic rings. The minimum Gasteiger partial charge on any atom is -0.366 e. The molecule has 17 heteroatoms. The highest BCUT2D eigenvalue weighted by Gasteiger charge is 2.15. The number of amides is 1. The molecule has 0 bridgehead atoms. The van der Waals surface area contributed by atoms with Crippen molar-refractivity contribution in [2.24, 2.45) is 5.73 Å². The number of nitrogens with zero attached hydrogens (tertiary/aromatic N) is 1. The predicted molar refractivity (Wildman–Crippen MR) is 227 cm³/mol. The van der Waals surface area contributed by atoms with Crippen LogP contribution in [0, 0.1) is 0 Å². The average molecular weight is 826 g/mol. The van der Waals surface area contributed by atoms with Gasteiger partial charge in [0.05, 0.1) is 26.2 Å². The van der Waals surface area contributed by atoms with Gasteiger partial charge in [0, 0.05) is 47.5 Å². The van der Waals surface area contributed by atoms with Crippen LogP contribution in [0.5, 0.6) is 0 Å². The molecule has 0 unspecified atom stereocenters. The predicted octanol–water partition coefficient (Wildman–Crippen LogP) is 6.50. The number of Topliss-reactive ketones (excluding diaryl/α,β-unsaturated/α-hetero) is 6. The van der Waals surface area contributed by atoms with Gasteiger partial charge in [0.2, 0.25) is 5.91 Å². The fourth-order valence-electron chi connectivity index (χ4n) is 2.30. The minimum absolute atomic E-state index is 0.0155. The SMILES string of the molecule is CC(=O)CN(CC(C)=O)C(=O)CCN.CC(=O)CNCC(C)=O.CC(=O)COCC(C)=O.CCSSCC.CCSSCC.CCSSCC. The molecule has 0 aliphatic carbocycles. The summed E-state index contributed by atoms with van der Waals surface area (Å²) >= 11 is 0. The van der Waals surface area contributed by atoms with Crippen molar-refractivity contribution >= 4 is 105 Å². The zero-order valence-corrected chi connectivity index (χ0v) is 37.5. The fraction of sp³-hybridized carbons (Fsp3) is 0.788. The Morgan fingerprint density at radius 2 is 0.780 bits per heavy atom. The second-order valence-electron chi connectivity index (χ2n) is 9.54. The second kappa shape index (κ2) is 52.8. The van der Waals surface area contributed by atoms with Gasteiger partial charge in [-0.25, -0.2) is 0 Å².